The molecule has 2 aromatic rings. The molecule has 11 nitrogen and oxygen atoms in total. The summed E-state index contributed by atoms with van der Waals surface area (Å²) in [6, 6.07) is 3.18. The van der Waals surface area contributed by atoms with Crippen LogP contribution in [0.4, 0.5) is 8.78 Å². The number of fused-ring (bicyclic) bond motifs is 4. The summed E-state index contributed by atoms with van der Waals surface area (Å²) in [6.45, 7) is 0.652. The lowest BCUT2D eigenvalue weighted by atomic mass is 10.1. The summed E-state index contributed by atoms with van der Waals surface area (Å²) in [7, 11) is 1.56. The second-order valence-corrected chi connectivity index (χ2v) is 9.40. The van der Waals surface area contributed by atoms with Gasteiger partial charge in [-0.1, -0.05) is 6.07 Å². The lowest BCUT2D eigenvalue weighted by Gasteiger charge is -2.36. The number of hydrogen-bond acceptors (Lipinski definition) is 8. The molecule has 1 aromatic heterocycles. The molecule has 0 radical (unpaired) electrons. The summed E-state index contributed by atoms with van der Waals surface area (Å²) in [4.78, 5) is 55.6. The fraction of sp³-hybridized carbons (Fsp3) is 0.440. The topological polar surface area (TPSA) is 122 Å². The van der Waals surface area contributed by atoms with Crippen LogP contribution in [0, 0.1) is 11.6 Å². The van der Waals surface area contributed by atoms with Crippen molar-refractivity contribution in [2.75, 3.05) is 33.5 Å². The van der Waals surface area contributed by atoms with Crippen LogP contribution in [0.25, 0.3) is 0 Å². The van der Waals surface area contributed by atoms with E-state index in [4.69, 9.17) is 9.47 Å². The predicted octanol–water partition coefficient (Wildman–Crippen LogP) is 0.415. The molecule has 0 bridgehead atoms. The molecular weight excluding hydrogens is 504 g/mol. The number of amides is 2. The van der Waals surface area contributed by atoms with Gasteiger partial charge >= 0.3 is 5.97 Å². The number of nitrogens with zero attached hydrogens (tertiary/aromatic N) is 3. The summed E-state index contributed by atoms with van der Waals surface area (Å²) in [6.07, 6.45) is 3.06. The number of likely N-dealkylation sites (N-methyl/N-ethyl adjacent to an activating group) is 1. The van der Waals surface area contributed by atoms with E-state index < -0.39 is 47.4 Å². The number of carbonyl (C=O) groups is 3. The Morgan fingerprint density at radius 3 is 2.76 bits per heavy atom. The highest BCUT2D eigenvalue weighted by Crippen LogP contribution is 2.35. The SMILES string of the molecule is CNCC(=O)OCOc1c2n(cc(C(=O)NCc3ccc(F)cc3F)c1=O)C[C@@H]1N(C[C@H]3CCCN31)C2=O. The second-order valence-electron chi connectivity index (χ2n) is 9.40. The molecule has 2 amide bonds. The van der Waals surface area contributed by atoms with Crippen molar-refractivity contribution in [3.8, 4) is 5.75 Å². The first-order valence-corrected chi connectivity index (χ1v) is 12.3. The van der Waals surface area contributed by atoms with Gasteiger partial charge in [-0.3, -0.25) is 24.1 Å². The van der Waals surface area contributed by atoms with Crippen molar-refractivity contribution in [2.24, 2.45) is 0 Å². The number of pyridine rings is 1. The third-order valence-electron chi connectivity index (χ3n) is 7.08. The molecule has 0 aliphatic carbocycles. The smallest absolute Gasteiger partial charge is 0.322 e. The number of esters is 1. The molecule has 202 valence electrons. The maximum absolute atomic E-state index is 14.0. The number of hydrogen-bond donors (Lipinski definition) is 2. The van der Waals surface area contributed by atoms with Crippen molar-refractivity contribution in [1.82, 2.24) is 25.0 Å². The van der Waals surface area contributed by atoms with Crippen LogP contribution in [0.2, 0.25) is 0 Å². The Morgan fingerprint density at radius 2 is 2.00 bits per heavy atom. The van der Waals surface area contributed by atoms with E-state index in [0.717, 1.165) is 25.5 Å². The minimum atomic E-state index is -0.871. The standard InChI is InChI=1S/C25H27F2N5O6/c1-28-9-20(33)37-13-38-23-21-25(36)32-10-16-3-2-6-31(16)19(32)12-30(21)11-17(22(23)34)24(35)29-8-14-4-5-15(26)7-18(14)27/h4-5,7,11,16,19,28H,2-3,6,8-10,12-13H2,1H3,(H,29,35)/t16-,19+/m1/s1. The highest BCUT2D eigenvalue weighted by Gasteiger charge is 2.48. The van der Waals surface area contributed by atoms with Gasteiger partial charge in [0.05, 0.1) is 13.1 Å². The van der Waals surface area contributed by atoms with Crippen molar-refractivity contribution < 1.29 is 32.6 Å². The van der Waals surface area contributed by atoms with Crippen LogP contribution in [-0.2, 0) is 22.6 Å². The highest BCUT2D eigenvalue weighted by molar-refractivity contribution is 5.99. The lowest BCUT2D eigenvalue weighted by Crippen LogP contribution is -2.50. The molecule has 2 atom stereocenters. The molecule has 2 N–H and O–H groups in total. The number of benzene rings is 1. The van der Waals surface area contributed by atoms with Crippen LogP contribution < -0.4 is 20.8 Å². The minimum absolute atomic E-state index is 0.0294. The van der Waals surface area contributed by atoms with Crippen LogP contribution in [0.1, 0.15) is 39.3 Å². The Bertz CT molecular complexity index is 1350. The quantitative estimate of drug-likeness (QED) is 0.371. The fourth-order valence-electron chi connectivity index (χ4n) is 5.29. The number of halogens is 2. The van der Waals surface area contributed by atoms with Gasteiger partial charge in [-0.25, -0.2) is 8.78 Å². The maximum Gasteiger partial charge on any atom is 0.322 e. The summed E-state index contributed by atoms with van der Waals surface area (Å²) < 4.78 is 39.2. The average Bonchev–Trinajstić information content (AvgIpc) is 3.47. The van der Waals surface area contributed by atoms with Crippen molar-refractivity contribution in [1.29, 1.82) is 0 Å². The number of ether oxygens (including phenoxy) is 2. The third-order valence-corrected chi connectivity index (χ3v) is 7.08. The number of nitrogens with one attached hydrogen (secondary N) is 2. The molecular formula is C25H27F2N5O6. The number of rotatable bonds is 8. The Labute approximate surface area is 216 Å². The van der Waals surface area contributed by atoms with Gasteiger partial charge in [-0.05, 0) is 26.0 Å². The molecule has 4 heterocycles. The third kappa shape index (κ3) is 4.74. The van der Waals surface area contributed by atoms with Gasteiger partial charge in [0.1, 0.15) is 23.4 Å². The van der Waals surface area contributed by atoms with Crippen molar-refractivity contribution in [2.45, 2.75) is 38.1 Å². The van der Waals surface area contributed by atoms with Gasteiger partial charge in [0.25, 0.3) is 11.8 Å². The first-order valence-electron chi connectivity index (χ1n) is 12.3. The molecule has 3 aliphatic heterocycles. The molecule has 0 unspecified atom stereocenters. The molecule has 2 fully saturated rings. The molecule has 13 heteroatoms. The molecule has 3 aliphatic rings. The fourth-order valence-corrected chi connectivity index (χ4v) is 5.29. The predicted molar refractivity (Wildman–Crippen MR) is 128 cm³/mol. The van der Waals surface area contributed by atoms with Gasteiger partial charge in [0.2, 0.25) is 18.0 Å². The maximum atomic E-state index is 14.0. The van der Waals surface area contributed by atoms with E-state index in [-0.39, 0.29) is 42.1 Å². The minimum Gasteiger partial charge on any atom is -0.451 e. The van der Waals surface area contributed by atoms with Gasteiger partial charge in [-0.15, -0.1) is 0 Å². The zero-order valence-corrected chi connectivity index (χ0v) is 20.7. The summed E-state index contributed by atoms with van der Waals surface area (Å²) in [5.41, 5.74) is -1.20. The molecule has 38 heavy (non-hydrogen) atoms. The van der Waals surface area contributed by atoms with E-state index >= 15 is 0 Å². The van der Waals surface area contributed by atoms with Crippen LogP contribution >= 0.6 is 0 Å². The van der Waals surface area contributed by atoms with E-state index in [1.54, 1.807) is 11.9 Å². The first kappa shape index (κ1) is 25.8. The van der Waals surface area contributed by atoms with Crippen molar-refractivity contribution >= 4 is 17.8 Å². The second kappa shape index (κ2) is 10.5. The van der Waals surface area contributed by atoms with Gasteiger partial charge in [-0.2, -0.15) is 0 Å². The molecule has 5 rings (SSSR count). The Morgan fingerprint density at radius 1 is 1.18 bits per heavy atom. The average molecular weight is 532 g/mol. The normalized spacial score (nSPS) is 20.1. The van der Waals surface area contributed by atoms with Crippen molar-refractivity contribution in [3.63, 3.8) is 0 Å². The number of aromatic nitrogens is 1. The summed E-state index contributed by atoms with van der Waals surface area (Å²) in [5, 5.41) is 5.09. The zero-order valence-electron chi connectivity index (χ0n) is 20.7. The molecule has 1 aromatic carbocycles. The molecule has 0 saturated carbocycles. The zero-order chi connectivity index (χ0) is 27.0. The van der Waals surface area contributed by atoms with Crippen LogP contribution in [0.5, 0.6) is 5.75 Å². The Balaban J connectivity index is 1.45. The van der Waals surface area contributed by atoms with Crippen LogP contribution in [0.15, 0.2) is 29.2 Å². The largest absolute Gasteiger partial charge is 0.451 e. The highest BCUT2D eigenvalue weighted by atomic mass is 19.1. The van der Waals surface area contributed by atoms with Gasteiger partial charge in [0, 0.05) is 43.5 Å². The Hall–Kier alpha value is -3.84. The lowest BCUT2D eigenvalue weighted by molar-refractivity contribution is -0.149. The molecule has 2 saturated heterocycles. The van der Waals surface area contributed by atoms with Crippen LogP contribution in [0.3, 0.4) is 0 Å². The van der Waals surface area contributed by atoms with E-state index in [1.165, 1.54) is 16.8 Å². The van der Waals surface area contributed by atoms with E-state index in [9.17, 15) is 28.0 Å². The van der Waals surface area contributed by atoms with Gasteiger partial charge < -0.3 is 29.6 Å². The van der Waals surface area contributed by atoms with E-state index in [0.29, 0.717) is 19.2 Å². The van der Waals surface area contributed by atoms with Gasteiger partial charge in [0.15, 0.2) is 5.69 Å². The van der Waals surface area contributed by atoms with Crippen LogP contribution in [-0.4, -0.2) is 77.8 Å². The van der Waals surface area contributed by atoms with Crippen molar-refractivity contribution in [3.05, 3.63) is 63.1 Å². The van der Waals surface area contributed by atoms with E-state index in [1.807, 2.05) is 0 Å². The summed E-state index contributed by atoms with van der Waals surface area (Å²) >= 11 is 0. The van der Waals surface area contributed by atoms with E-state index in [2.05, 4.69) is 15.5 Å². The summed E-state index contributed by atoms with van der Waals surface area (Å²) in [5.74, 6) is -3.88. The molecule has 0 spiro atoms. The Kier molecular flexibility index (Phi) is 7.13. The first-order chi connectivity index (χ1) is 18.3. The number of carbonyl (C=O) groups excluding carboxylic acids is 3. The monoisotopic (exact) mass is 531 g/mol.